The average Bonchev–Trinajstić information content (AvgIpc) is 2.15. The van der Waals surface area contributed by atoms with Gasteiger partial charge in [-0.25, -0.2) is 0 Å². The molecule has 1 saturated heterocycles. The summed E-state index contributed by atoms with van der Waals surface area (Å²) in [6.07, 6.45) is -4.21. The summed E-state index contributed by atoms with van der Waals surface area (Å²) in [5.41, 5.74) is 0. The number of piperazine rings is 1. The molecule has 1 N–H and O–H groups in total. The normalized spacial score (nSPS) is 22.0. The van der Waals surface area contributed by atoms with Gasteiger partial charge in [-0.3, -0.25) is 14.6 Å². The van der Waals surface area contributed by atoms with Gasteiger partial charge >= 0.3 is 12.1 Å². The molecule has 0 aromatic heterocycles. The minimum Gasteiger partial charge on any atom is -0.480 e. The molecule has 1 rings (SSSR count). The Morgan fingerprint density at radius 1 is 1.31 bits per heavy atom. The summed E-state index contributed by atoms with van der Waals surface area (Å²) in [5, 5.41) is 8.53. The molecule has 0 radical (unpaired) electrons. The fourth-order valence-electron chi connectivity index (χ4n) is 1.71. The predicted molar refractivity (Wildman–Crippen MR) is 51.2 cm³/mol. The van der Waals surface area contributed by atoms with Gasteiger partial charge in [-0.2, -0.15) is 13.2 Å². The zero-order chi connectivity index (χ0) is 12.3. The number of alkyl halides is 3. The van der Waals surface area contributed by atoms with Crippen molar-refractivity contribution in [3.63, 3.8) is 0 Å². The summed E-state index contributed by atoms with van der Waals surface area (Å²) >= 11 is 0. The van der Waals surface area contributed by atoms with Crippen LogP contribution in [-0.2, 0) is 4.79 Å². The fraction of sp³-hybridized carbons (Fsp3) is 0.889. The van der Waals surface area contributed by atoms with E-state index in [9.17, 15) is 18.0 Å². The minimum atomic E-state index is -4.21. The second kappa shape index (κ2) is 5.01. The van der Waals surface area contributed by atoms with E-state index in [0.29, 0.717) is 13.1 Å². The fourth-order valence-corrected chi connectivity index (χ4v) is 1.71. The van der Waals surface area contributed by atoms with Gasteiger partial charge in [0.1, 0.15) is 6.04 Å². The molecule has 0 aliphatic carbocycles. The third-order valence-corrected chi connectivity index (χ3v) is 2.79. The summed E-state index contributed by atoms with van der Waals surface area (Å²) in [7, 11) is 0. The number of aliphatic carboxylic acids is 1. The van der Waals surface area contributed by atoms with E-state index in [-0.39, 0.29) is 19.6 Å². The van der Waals surface area contributed by atoms with E-state index >= 15 is 0 Å². The molecule has 1 atom stereocenters. The Morgan fingerprint density at radius 3 is 2.19 bits per heavy atom. The Balaban J connectivity index is 2.40. The lowest BCUT2D eigenvalue weighted by molar-refractivity contribution is -0.183. The van der Waals surface area contributed by atoms with Crippen LogP contribution in [0.5, 0.6) is 0 Å². The van der Waals surface area contributed by atoms with E-state index in [1.165, 1.54) is 4.90 Å². The summed E-state index contributed by atoms with van der Waals surface area (Å²) in [4.78, 5) is 13.4. The molecule has 0 amide bonds. The molecule has 0 bridgehead atoms. The highest BCUT2D eigenvalue weighted by Crippen LogP contribution is 2.25. The summed E-state index contributed by atoms with van der Waals surface area (Å²) in [6, 6.07) is -1.46. The second-order valence-corrected chi connectivity index (χ2v) is 3.92. The van der Waals surface area contributed by atoms with Crippen LogP contribution in [-0.4, -0.2) is 65.8 Å². The van der Waals surface area contributed by atoms with Crippen molar-refractivity contribution in [2.45, 2.75) is 19.1 Å². The zero-order valence-electron chi connectivity index (χ0n) is 9.00. The van der Waals surface area contributed by atoms with Crippen LogP contribution in [0.25, 0.3) is 0 Å². The van der Waals surface area contributed by atoms with Crippen LogP contribution in [0, 0.1) is 0 Å². The van der Waals surface area contributed by atoms with Gasteiger partial charge < -0.3 is 5.11 Å². The van der Waals surface area contributed by atoms with Gasteiger partial charge in [0.15, 0.2) is 0 Å². The SMILES string of the molecule is CC(N1CCN(CC(=O)O)CC1)C(F)(F)F. The standard InChI is InChI=1S/C9H15F3N2O2/c1-7(9(10,11)12)14-4-2-13(3-5-14)6-8(15)16/h7H,2-6H2,1H3,(H,15,16). The lowest BCUT2D eigenvalue weighted by Gasteiger charge is -2.37. The maximum absolute atomic E-state index is 12.4. The van der Waals surface area contributed by atoms with Gasteiger partial charge in [0, 0.05) is 26.2 Å². The number of nitrogens with zero attached hydrogens (tertiary/aromatic N) is 2. The van der Waals surface area contributed by atoms with E-state index < -0.39 is 18.2 Å². The van der Waals surface area contributed by atoms with E-state index in [4.69, 9.17) is 5.11 Å². The van der Waals surface area contributed by atoms with E-state index in [0.717, 1.165) is 6.92 Å². The van der Waals surface area contributed by atoms with E-state index in [1.54, 1.807) is 4.90 Å². The molecule has 1 unspecified atom stereocenters. The predicted octanol–water partition coefficient (Wildman–Crippen LogP) is 0.639. The van der Waals surface area contributed by atoms with Gasteiger partial charge in [-0.1, -0.05) is 0 Å². The lowest BCUT2D eigenvalue weighted by Crippen LogP contribution is -2.54. The van der Waals surface area contributed by atoms with Crippen LogP contribution < -0.4 is 0 Å². The molecular weight excluding hydrogens is 225 g/mol. The molecule has 1 heterocycles. The Morgan fingerprint density at radius 2 is 1.81 bits per heavy atom. The smallest absolute Gasteiger partial charge is 0.403 e. The summed E-state index contributed by atoms with van der Waals surface area (Å²) in [5.74, 6) is -0.947. The first-order valence-corrected chi connectivity index (χ1v) is 5.05. The Hall–Kier alpha value is -0.820. The average molecular weight is 240 g/mol. The Labute approximate surface area is 91.6 Å². The van der Waals surface area contributed by atoms with Crippen molar-refractivity contribution in [2.75, 3.05) is 32.7 Å². The first-order valence-electron chi connectivity index (χ1n) is 5.05. The van der Waals surface area contributed by atoms with Crippen LogP contribution in [0.4, 0.5) is 13.2 Å². The maximum Gasteiger partial charge on any atom is 0.403 e. The molecular formula is C9H15F3N2O2. The van der Waals surface area contributed by atoms with Crippen molar-refractivity contribution < 1.29 is 23.1 Å². The number of carboxylic acid groups (broad SMARTS) is 1. The van der Waals surface area contributed by atoms with Gasteiger partial charge in [-0.15, -0.1) is 0 Å². The van der Waals surface area contributed by atoms with Crippen LogP contribution >= 0.6 is 0 Å². The van der Waals surface area contributed by atoms with Crippen LogP contribution in [0.1, 0.15) is 6.92 Å². The number of hydrogen-bond donors (Lipinski definition) is 1. The Bertz CT molecular complexity index is 250. The van der Waals surface area contributed by atoms with Gasteiger partial charge in [0.05, 0.1) is 6.54 Å². The first kappa shape index (κ1) is 13.2. The number of carboxylic acids is 1. The summed E-state index contributed by atoms with van der Waals surface area (Å²) < 4.78 is 37.2. The molecule has 1 aliphatic rings. The van der Waals surface area contributed by atoms with Crippen molar-refractivity contribution in [1.29, 1.82) is 0 Å². The monoisotopic (exact) mass is 240 g/mol. The van der Waals surface area contributed by atoms with E-state index in [1.807, 2.05) is 0 Å². The van der Waals surface area contributed by atoms with Gasteiger partial charge in [0.2, 0.25) is 0 Å². The molecule has 7 heteroatoms. The van der Waals surface area contributed by atoms with Crippen molar-refractivity contribution in [3.05, 3.63) is 0 Å². The van der Waals surface area contributed by atoms with Crippen molar-refractivity contribution >= 4 is 5.97 Å². The van der Waals surface area contributed by atoms with Crippen LogP contribution in [0.15, 0.2) is 0 Å². The maximum atomic E-state index is 12.4. The van der Waals surface area contributed by atoms with Crippen molar-refractivity contribution in [2.24, 2.45) is 0 Å². The lowest BCUT2D eigenvalue weighted by atomic mass is 10.2. The molecule has 94 valence electrons. The largest absolute Gasteiger partial charge is 0.480 e. The zero-order valence-corrected chi connectivity index (χ0v) is 9.00. The van der Waals surface area contributed by atoms with Gasteiger partial charge in [0.25, 0.3) is 0 Å². The molecule has 0 aromatic carbocycles. The quantitative estimate of drug-likeness (QED) is 0.786. The molecule has 0 spiro atoms. The highest BCUT2D eigenvalue weighted by Gasteiger charge is 2.40. The van der Waals surface area contributed by atoms with Crippen LogP contribution in [0.2, 0.25) is 0 Å². The molecule has 4 nitrogen and oxygen atoms in total. The third kappa shape index (κ3) is 3.64. The topological polar surface area (TPSA) is 43.8 Å². The number of carbonyl (C=O) groups is 1. The minimum absolute atomic E-state index is 0.103. The molecule has 0 aromatic rings. The third-order valence-electron chi connectivity index (χ3n) is 2.79. The number of rotatable bonds is 3. The molecule has 1 aliphatic heterocycles. The Kier molecular flexibility index (Phi) is 4.15. The highest BCUT2D eigenvalue weighted by molar-refractivity contribution is 5.69. The molecule has 16 heavy (non-hydrogen) atoms. The number of halogens is 3. The van der Waals surface area contributed by atoms with Gasteiger partial charge in [-0.05, 0) is 6.92 Å². The molecule has 1 fully saturated rings. The number of hydrogen-bond acceptors (Lipinski definition) is 3. The van der Waals surface area contributed by atoms with Crippen LogP contribution in [0.3, 0.4) is 0 Å². The summed E-state index contributed by atoms with van der Waals surface area (Å²) in [6.45, 7) is 2.28. The van der Waals surface area contributed by atoms with E-state index in [2.05, 4.69) is 0 Å². The molecule has 0 saturated carbocycles. The second-order valence-electron chi connectivity index (χ2n) is 3.92. The highest BCUT2D eigenvalue weighted by atomic mass is 19.4. The van der Waals surface area contributed by atoms with Crippen molar-refractivity contribution in [1.82, 2.24) is 9.80 Å². The first-order chi connectivity index (χ1) is 7.30. The van der Waals surface area contributed by atoms with Crippen molar-refractivity contribution in [3.8, 4) is 0 Å².